The van der Waals surface area contributed by atoms with Crippen LogP contribution in [0.15, 0.2) is 42.5 Å². The molecular formula is C16H15NO3. The second-order valence-electron chi connectivity index (χ2n) is 5.08. The number of carbonyl (C=O) groups excluding carboxylic acids is 1. The number of anilines is 1. The summed E-state index contributed by atoms with van der Waals surface area (Å²) in [5.74, 6) is -1.31. The van der Waals surface area contributed by atoms with Crippen molar-refractivity contribution < 1.29 is 14.7 Å². The molecule has 1 aliphatic heterocycles. The molecule has 1 heterocycles. The van der Waals surface area contributed by atoms with E-state index in [1.165, 1.54) is 0 Å². The van der Waals surface area contributed by atoms with Crippen LogP contribution in [0.1, 0.15) is 12.8 Å². The number of piperidine rings is 1. The summed E-state index contributed by atoms with van der Waals surface area (Å²) in [4.78, 5) is 24.9. The number of fused-ring (bicyclic) bond motifs is 1. The molecule has 1 N–H and O–H groups in total. The van der Waals surface area contributed by atoms with E-state index < -0.39 is 11.9 Å². The minimum Gasteiger partial charge on any atom is -0.481 e. The third kappa shape index (κ3) is 2.13. The summed E-state index contributed by atoms with van der Waals surface area (Å²) in [6, 6.07) is 13.6. The maximum Gasteiger partial charge on any atom is 0.308 e. The molecule has 2 aromatic carbocycles. The van der Waals surface area contributed by atoms with Crippen molar-refractivity contribution in [2.24, 2.45) is 5.92 Å². The highest BCUT2D eigenvalue weighted by molar-refractivity contribution is 6.04. The Morgan fingerprint density at radius 1 is 1.15 bits per heavy atom. The van der Waals surface area contributed by atoms with Crippen LogP contribution in [0.2, 0.25) is 0 Å². The number of carboxylic acids is 1. The van der Waals surface area contributed by atoms with E-state index >= 15 is 0 Å². The summed E-state index contributed by atoms with van der Waals surface area (Å²) in [6.45, 7) is 0.252. The highest BCUT2D eigenvalue weighted by Gasteiger charge is 2.31. The molecule has 1 fully saturated rings. The standard InChI is InChI=1S/C16H15NO3/c18-15-9-8-12(16(19)20)10-17(15)14-7-3-5-11-4-1-2-6-13(11)14/h1-7,12H,8-10H2,(H,19,20). The van der Waals surface area contributed by atoms with Crippen LogP contribution in [0.5, 0.6) is 0 Å². The lowest BCUT2D eigenvalue weighted by atomic mass is 9.96. The van der Waals surface area contributed by atoms with Gasteiger partial charge in [-0.3, -0.25) is 9.59 Å². The van der Waals surface area contributed by atoms with Gasteiger partial charge in [0.1, 0.15) is 0 Å². The fraction of sp³-hybridized carbons (Fsp3) is 0.250. The largest absolute Gasteiger partial charge is 0.481 e. The van der Waals surface area contributed by atoms with Crippen LogP contribution in [0.3, 0.4) is 0 Å². The van der Waals surface area contributed by atoms with Gasteiger partial charge in [0, 0.05) is 18.4 Å². The number of amides is 1. The van der Waals surface area contributed by atoms with Crippen molar-refractivity contribution in [2.75, 3.05) is 11.4 Å². The van der Waals surface area contributed by atoms with Gasteiger partial charge in [-0.1, -0.05) is 36.4 Å². The number of rotatable bonds is 2. The van der Waals surface area contributed by atoms with E-state index in [2.05, 4.69) is 0 Å². The van der Waals surface area contributed by atoms with Gasteiger partial charge in [0.05, 0.1) is 11.6 Å². The molecule has 1 amide bonds. The summed E-state index contributed by atoms with van der Waals surface area (Å²) < 4.78 is 0. The van der Waals surface area contributed by atoms with Crippen molar-refractivity contribution in [1.82, 2.24) is 0 Å². The van der Waals surface area contributed by atoms with Crippen molar-refractivity contribution in [3.63, 3.8) is 0 Å². The summed E-state index contributed by atoms with van der Waals surface area (Å²) in [5.41, 5.74) is 0.805. The van der Waals surface area contributed by atoms with Crippen LogP contribution in [-0.2, 0) is 9.59 Å². The Bertz CT molecular complexity index is 675. The first-order valence-electron chi connectivity index (χ1n) is 6.68. The maximum atomic E-state index is 12.1. The number of carboxylic acid groups (broad SMARTS) is 1. The van der Waals surface area contributed by atoms with Crippen molar-refractivity contribution in [3.8, 4) is 0 Å². The Morgan fingerprint density at radius 3 is 2.70 bits per heavy atom. The molecule has 4 nitrogen and oxygen atoms in total. The van der Waals surface area contributed by atoms with Crippen LogP contribution >= 0.6 is 0 Å². The number of aliphatic carboxylic acids is 1. The molecule has 102 valence electrons. The molecule has 0 bridgehead atoms. The molecule has 0 saturated carbocycles. The van der Waals surface area contributed by atoms with E-state index in [-0.39, 0.29) is 12.5 Å². The van der Waals surface area contributed by atoms with Gasteiger partial charge in [-0.25, -0.2) is 0 Å². The molecule has 1 atom stereocenters. The smallest absolute Gasteiger partial charge is 0.308 e. The Hall–Kier alpha value is -2.36. The van der Waals surface area contributed by atoms with E-state index in [4.69, 9.17) is 5.11 Å². The maximum absolute atomic E-state index is 12.1. The summed E-state index contributed by atoms with van der Waals surface area (Å²) >= 11 is 0. The topological polar surface area (TPSA) is 57.6 Å². The Morgan fingerprint density at radius 2 is 1.90 bits per heavy atom. The number of benzene rings is 2. The number of hydrogen-bond donors (Lipinski definition) is 1. The number of carbonyl (C=O) groups is 2. The molecule has 0 spiro atoms. The van der Waals surface area contributed by atoms with Gasteiger partial charge in [0.15, 0.2) is 0 Å². The molecule has 0 aliphatic carbocycles. The van der Waals surface area contributed by atoms with E-state index in [1.54, 1.807) is 4.90 Å². The predicted octanol–water partition coefficient (Wildman–Crippen LogP) is 2.67. The molecule has 0 aromatic heterocycles. The summed E-state index contributed by atoms with van der Waals surface area (Å²) in [7, 11) is 0. The Kier molecular flexibility index (Phi) is 3.14. The molecule has 20 heavy (non-hydrogen) atoms. The second-order valence-corrected chi connectivity index (χ2v) is 5.08. The van der Waals surface area contributed by atoms with Crippen LogP contribution in [0.4, 0.5) is 5.69 Å². The zero-order valence-electron chi connectivity index (χ0n) is 11.0. The van der Waals surface area contributed by atoms with Gasteiger partial charge in [0.2, 0.25) is 5.91 Å². The molecule has 1 aliphatic rings. The third-order valence-electron chi connectivity index (χ3n) is 3.82. The van der Waals surface area contributed by atoms with Gasteiger partial charge in [-0.2, -0.15) is 0 Å². The fourth-order valence-electron chi connectivity index (χ4n) is 2.72. The van der Waals surface area contributed by atoms with Gasteiger partial charge >= 0.3 is 5.97 Å². The lowest BCUT2D eigenvalue weighted by Gasteiger charge is -2.31. The Labute approximate surface area is 116 Å². The molecule has 1 saturated heterocycles. The van der Waals surface area contributed by atoms with Crippen molar-refractivity contribution in [1.29, 1.82) is 0 Å². The fourth-order valence-corrected chi connectivity index (χ4v) is 2.72. The zero-order chi connectivity index (χ0) is 14.1. The molecule has 4 heteroatoms. The average molecular weight is 269 g/mol. The van der Waals surface area contributed by atoms with E-state index in [1.807, 2.05) is 42.5 Å². The highest BCUT2D eigenvalue weighted by Crippen LogP contribution is 2.30. The third-order valence-corrected chi connectivity index (χ3v) is 3.82. The Balaban J connectivity index is 2.05. The quantitative estimate of drug-likeness (QED) is 0.911. The first kappa shape index (κ1) is 12.7. The van der Waals surface area contributed by atoms with E-state index in [0.717, 1.165) is 16.5 Å². The minimum absolute atomic E-state index is 0.00106. The van der Waals surface area contributed by atoms with Gasteiger partial charge in [0.25, 0.3) is 0 Å². The van der Waals surface area contributed by atoms with Crippen molar-refractivity contribution in [2.45, 2.75) is 12.8 Å². The average Bonchev–Trinajstić information content (AvgIpc) is 2.47. The SMILES string of the molecule is O=C(O)C1CCC(=O)N(c2cccc3ccccc23)C1. The van der Waals surface area contributed by atoms with Gasteiger partial charge < -0.3 is 10.0 Å². The molecule has 2 aromatic rings. The minimum atomic E-state index is -0.831. The summed E-state index contributed by atoms with van der Waals surface area (Å²) in [5, 5.41) is 11.2. The van der Waals surface area contributed by atoms with E-state index in [9.17, 15) is 9.59 Å². The van der Waals surface area contributed by atoms with Crippen LogP contribution in [0, 0.1) is 5.92 Å². The highest BCUT2D eigenvalue weighted by atomic mass is 16.4. The van der Waals surface area contributed by atoms with Crippen LogP contribution in [0.25, 0.3) is 10.8 Å². The predicted molar refractivity (Wildman–Crippen MR) is 76.7 cm³/mol. The molecule has 3 rings (SSSR count). The monoisotopic (exact) mass is 269 g/mol. The number of nitrogens with zero attached hydrogens (tertiary/aromatic N) is 1. The van der Waals surface area contributed by atoms with Crippen molar-refractivity contribution in [3.05, 3.63) is 42.5 Å². The first-order chi connectivity index (χ1) is 9.66. The molecule has 1 unspecified atom stereocenters. The first-order valence-corrected chi connectivity index (χ1v) is 6.68. The van der Waals surface area contributed by atoms with Gasteiger partial charge in [-0.15, -0.1) is 0 Å². The normalized spacial score (nSPS) is 19.3. The van der Waals surface area contributed by atoms with Crippen LogP contribution < -0.4 is 4.90 Å². The lowest BCUT2D eigenvalue weighted by Crippen LogP contribution is -2.42. The van der Waals surface area contributed by atoms with E-state index in [0.29, 0.717) is 12.8 Å². The lowest BCUT2D eigenvalue weighted by molar-refractivity contribution is -0.142. The molecule has 0 radical (unpaired) electrons. The second kappa shape index (κ2) is 4.96. The van der Waals surface area contributed by atoms with Crippen LogP contribution in [-0.4, -0.2) is 23.5 Å². The van der Waals surface area contributed by atoms with Crippen molar-refractivity contribution >= 4 is 28.3 Å². The zero-order valence-corrected chi connectivity index (χ0v) is 11.0. The summed E-state index contributed by atoms with van der Waals surface area (Å²) in [6.07, 6.45) is 0.718. The molecular weight excluding hydrogens is 254 g/mol. The number of hydrogen-bond acceptors (Lipinski definition) is 2. The van der Waals surface area contributed by atoms with Gasteiger partial charge in [-0.05, 0) is 17.9 Å².